The minimum absolute atomic E-state index is 0.0981. The Morgan fingerprint density at radius 3 is 2.59 bits per heavy atom. The van der Waals surface area contributed by atoms with Crippen molar-refractivity contribution in [2.24, 2.45) is 5.16 Å². The topological polar surface area (TPSA) is 68.2 Å². The zero-order valence-electron chi connectivity index (χ0n) is 20.0. The molecule has 32 heavy (non-hydrogen) atoms. The minimum Gasteiger partial charge on any atom is -0.459 e. The van der Waals surface area contributed by atoms with Gasteiger partial charge in [-0.05, 0) is 64.7 Å². The lowest BCUT2D eigenvalue weighted by atomic mass is 9.95. The standard InChI is InChI=1S/C26H36N2O4/c1-6-28(7-2)24(29)18-31-27-23-14-12-10-8-9-11-13-21(5)32-26(30)25-20(4)15-19(3)16-22(25)17-23/h9,11-12,14-16,21H,6-8,10,13,17-18H2,1-5H3/b11-9+,14-12+,27-23-/t21-/m1/s1. The summed E-state index contributed by atoms with van der Waals surface area (Å²) in [7, 11) is 0. The van der Waals surface area contributed by atoms with Crippen LogP contribution in [0, 0.1) is 13.8 Å². The van der Waals surface area contributed by atoms with Crippen LogP contribution in [0.15, 0.2) is 41.6 Å². The molecule has 174 valence electrons. The van der Waals surface area contributed by atoms with Gasteiger partial charge in [0, 0.05) is 25.9 Å². The van der Waals surface area contributed by atoms with Crippen molar-refractivity contribution in [1.82, 2.24) is 4.90 Å². The molecule has 0 unspecified atom stereocenters. The Hall–Kier alpha value is -2.89. The van der Waals surface area contributed by atoms with Crippen LogP contribution in [-0.4, -0.2) is 48.3 Å². The van der Waals surface area contributed by atoms with Crippen LogP contribution in [0.5, 0.6) is 0 Å². The number of rotatable bonds is 5. The number of nitrogens with zero attached hydrogens (tertiary/aromatic N) is 2. The fourth-order valence-electron chi connectivity index (χ4n) is 3.75. The van der Waals surface area contributed by atoms with Gasteiger partial charge in [0.25, 0.3) is 5.91 Å². The number of benzene rings is 1. The molecule has 0 saturated heterocycles. The molecule has 0 N–H and O–H groups in total. The SMILES string of the molecule is CCN(CC)C(=O)CO/N=C1/C=C/CC/C=C/C[C@@H](C)OC(=O)c2c(C)cc(C)cc2C1. The normalized spacial score (nSPS) is 20.6. The van der Waals surface area contributed by atoms with Gasteiger partial charge in [-0.2, -0.15) is 0 Å². The highest BCUT2D eigenvalue weighted by molar-refractivity contribution is 6.00. The van der Waals surface area contributed by atoms with Crippen LogP contribution in [0.3, 0.4) is 0 Å². The molecule has 1 aromatic carbocycles. The lowest BCUT2D eigenvalue weighted by Gasteiger charge is -2.18. The number of oxime groups is 1. The second-order valence-electron chi connectivity index (χ2n) is 8.12. The molecule has 6 nitrogen and oxygen atoms in total. The van der Waals surface area contributed by atoms with Gasteiger partial charge in [0.15, 0.2) is 6.61 Å². The molecule has 6 heteroatoms. The molecular formula is C26H36N2O4. The highest BCUT2D eigenvalue weighted by Gasteiger charge is 2.20. The summed E-state index contributed by atoms with van der Waals surface area (Å²) in [6.07, 6.45) is 10.8. The first-order chi connectivity index (χ1) is 15.3. The quantitative estimate of drug-likeness (QED) is 0.370. The monoisotopic (exact) mass is 440 g/mol. The van der Waals surface area contributed by atoms with Gasteiger partial charge in [0.2, 0.25) is 0 Å². The van der Waals surface area contributed by atoms with Crippen LogP contribution in [0.25, 0.3) is 0 Å². The van der Waals surface area contributed by atoms with Gasteiger partial charge in [-0.15, -0.1) is 0 Å². The molecule has 0 fully saturated rings. The molecule has 0 saturated carbocycles. The van der Waals surface area contributed by atoms with Crippen LogP contribution in [0.1, 0.15) is 67.1 Å². The van der Waals surface area contributed by atoms with Gasteiger partial charge in [-0.3, -0.25) is 4.79 Å². The number of hydrogen-bond acceptors (Lipinski definition) is 5. The van der Waals surface area contributed by atoms with Crippen molar-refractivity contribution in [3.8, 4) is 0 Å². The average Bonchev–Trinajstić information content (AvgIpc) is 2.72. The third kappa shape index (κ3) is 7.66. The fourth-order valence-corrected chi connectivity index (χ4v) is 3.75. The van der Waals surface area contributed by atoms with Crippen LogP contribution >= 0.6 is 0 Å². The van der Waals surface area contributed by atoms with Crippen LogP contribution in [-0.2, 0) is 20.8 Å². The Morgan fingerprint density at radius 2 is 1.88 bits per heavy atom. The van der Waals surface area contributed by atoms with Gasteiger partial charge >= 0.3 is 5.97 Å². The highest BCUT2D eigenvalue weighted by atomic mass is 16.6. The minimum atomic E-state index is -0.323. The van der Waals surface area contributed by atoms with E-state index in [2.05, 4.69) is 23.4 Å². The lowest BCUT2D eigenvalue weighted by molar-refractivity contribution is -0.135. The summed E-state index contributed by atoms with van der Waals surface area (Å²) in [6, 6.07) is 3.98. The fraction of sp³-hybridized carbons (Fsp3) is 0.500. The summed E-state index contributed by atoms with van der Waals surface area (Å²) in [5.74, 6) is -0.421. The van der Waals surface area contributed by atoms with E-state index in [4.69, 9.17) is 9.57 Å². The lowest BCUT2D eigenvalue weighted by Crippen LogP contribution is -2.33. The van der Waals surface area contributed by atoms with Gasteiger partial charge in [-0.25, -0.2) is 4.79 Å². The van der Waals surface area contributed by atoms with Gasteiger partial charge in [0.1, 0.15) is 6.10 Å². The second-order valence-corrected chi connectivity index (χ2v) is 8.12. The number of fused-ring (bicyclic) bond motifs is 1. The van der Waals surface area contributed by atoms with Crippen LogP contribution in [0.4, 0.5) is 0 Å². The summed E-state index contributed by atoms with van der Waals surface area (Å²) >= 11 is 0. The number of carbonyl (C=O) groups is 2. The molecule has 0 spiro atoms. The number of carbonyl (C=O) groups excluding carboxylic acids is 2. The van der Waals surface area contributed by atoms with Gasteiger partial charge in [-0.1, -0.05) is 41.1 Å². The number of ether oxygens (including phenoxy) is 1. The first-order valence-electron chi connectivity index (χ1n) is 11.4. The van der Waals surface area contributed by atoms with Crippen molar-refractivity contribution in [3.05, 3.63) is 58.7 Å². The predicted molar refractivity (Wildman–Crippen MR) is 128 cm³/mol. The number of allylic oxidation sites excluding steroid dienone is 3. The van der Waals surface area contributed by atoms with E-state index < -0.39 is 0 Å². The molecule has 1 amide bonds. The van der Waals surface area contributed by atoms with Crippen molar-refractivity contribution in [1.29, 1.82) is 0 Å². The molecule has 1 aliphatic heterocycles. The molecule has 0 aromatic heterocycles. The van der Waals surface area contributed by atoms with E-state index in [1.807, 2.05) is 52.8 Å². The molecule has 0 bridgehead atoms. The first-order valence-corrected chi connectivity index (χ1v) is 11.4. The van der Waals surface area contributed by atoms with Crippen molar-refractivity contribution < 1.29 is 19.2 Å². The van der Waals surface area contributed by atoms with Crippen LogP contribution < -0.4 is 0 Å². The molecular weight excluding hydrogens is 404 g/mol. The maximum atomic E-state index is 13.0. The first kappa shape index (κ1) is 25.4. The van der Waals surface area contributed by atoms with Gasteiger partial charge in [0.05, 0.1) is 11.3 Å². The number of amides is 1. The summed E-state index contributed by atoms with van der Waals surface area (Å²) < 4.78 is 5.71. The average molecular weight is 441 g/mol. The molecule has 1 heterocycles. The summed E-state index contributed by atoms with van der Waals surface area (Å²) in [5.41, 5.74) is 4.01. The Bertz CT molecular complexity index is 882. The Kier molecular flexibility index (Phi) is 10.2. The largest absolute Gasteiger partial charge is 0.459 e. The number of cyclic esters (lactones) is 1. The van der Waals surface area contributed by atoms with E-state index in [0.29, 0.717) is 37.2 Å². The number of esters is 1. The van der Waals surface area contributed by atoms with E-state index in [9.17, 15) is 9.59 Å². The Labute approximate surface area is 192 Å². The van der Waals surface area contributed by atoms with E-state index in [1.54, 1.807) is 4.90 Å². The molecule has 0 aliphatic carbocycles. The van der Waals surface area contributed by atoms with E-state index in [-0.39, 0.29) is 24.6 Å². The third-order valence-electron chi connectivity index (χ3n) is 5.38. The number of aryl methyl sites for hydroxylation is 2. The maximum absolute atomic E-state index is 13.0. The Balaban J connectivity index is 2.34. The Morgan fingerprint density at radius 1 is 1.16 bits per heavy atom. The summed E-state index contributed by atoms with van der Waals surface area (Å²) in [5, 5.41) is 4.25. The number of likely N-dealkylation sites (N-methyl/N-ethyl adjacent to an activating group) is 1. The molecule has 2 rings (SSSR count). The summed E-state index contributed by atoms with van der Waals surface area (Å²) in [6.45, 7) is 10.9. The van der Waals surface area contributed by atoms with Crippen molar-refractivity contribution in [2.45, 2.75) is 66.4 Å². The summed E-state index contributed by atoms with van der Waals surface area (Å²) in [4.78, 5) is 32.3. The van der Waals surface area contributed by atoms with Crippen molar-refractivity contribution >= 4 is 17.6 Å². The molecule has 1 aliphatic rings. The number of hydrogen-bond donors (Lipinski definition) is 0. The van der Waals surface area contributed by atoms with E-state index in [0.717, 1.165) is 29.5 Å². The molecule has 1 aromatic rings. The second kappa shape index (κ2) is 12.8. The maximum Gasteiger partial charge on any atom is 0.338 e. The van der Waals surface area contributed by atoms with Crippen LogP contribution in [0.2, 0.25) is 0 Å². The van der Waals surface area contributed by atoms with E-state index >= 15 is 0 Å². The highest BCUT2D eigenvalue weighted by Crippen LogP contribution is 2.21. The van der Waals surface area contributed by atoms with E-state index in [1.165, 1.54) is 0 Å². The smallest absolute Gasteiger partial charge is 0.338 e. The molecule has 1 atom stereocenters. The third-order valence-corrected chi connectivity index (χ3v) is 5.38. The van der Waals surface area contributed by atoms with Gasteiger partial charge < -0.3 is 14.5 Å². The zero-order chi connectivity index (χ0) is 23.5. The van der Waals surface area contributed by atoms with Crippen molar-refractivity contribution in [2.75, 3.05) is 19.7 Å². The van der Waals surface area contributed by atoms with Crippen molar-refractivity contribution in [3.63, 3.8) is 0 Å². The zero-order valence-corrected chi connectivity index (χ0v) is 20.0. The predicted octanol–water partition coefficient (Wildman–Crippen LogP) is 4.93. The molecule has 0 radical (unpaired) electrons.